The average Bonchev–Trinajstić information content (AvgIpc) is 2.60. The number of nitrogens with two attached hydrogens (primary N) is 1. The Bertz CT molecular complexity index is 871. The Morgan fingerprint density at radius 2 is 1.92 bits per heavy atom. The molecule has 1 unspecified atom stereocenters. The summed E-state index contributed by atoms with van der Waals surface area (Å²) >= 11 is 0. The van der Waals surface area contributed by atoms with Gasteiger partial charge in [-0.05, 0) is 42.3 Å². The summed E-state index contributed by atoms with van der Waals surface area (Å²) in [5, 5.41) is 2.70. The van der Waals surface area contributed by atoms with Gasteiger partial charge in [0.15, 0.2) is 0 Å². The number of hydrogen-bond donors (Lipinski definition) is 3. The van der Waals surface area contributed by atoms with E-state index in [0.717, 1.165) is 5.56 Å². The van der Waals surface area contributed by atoms with Crippen LogP contribution in [-0.2, 0) is 21.2 Å². The third-order valence-electron chi connectivity index (χ3n) is 3.73. The number of rotatable bonds is 8. The smallest absolute Gasteiger partial charge is 0.240 e. The molecule has 140 valence electrons. The van der Waals surface area contributed by atoms with Crippen LogP contribution in [0.4, 0.5) is 10.1 Å². The molecule has 2 aromatic rings. The Balaban J connectivity index is 2.05. The molecule has 0 bridgehead atoms. The van der Waals surface area contributed by atoms with Gasteiger partial charge in [0.25, 0.3) is 0 Å². The van der Waals surface area contributed by atoms with Gasteiger partial charge in [0.1, 0.15) is 5.82 Å². The molecular formula is C18H22FN3O3S. The van der Waals surface area contributed by atoms with Crippen molar-refractivity contribution in [3.63, 3.8) is 0 Å². The van der Waals surface area contributed by atoms with Gasteiger partial charge in [-0.2, -0.15) is 0 Å². The number of nitrogens with one attached hydrogen (secondary N) is 2. The second-order valence-corrected chi connectivity index (χ2v) is 7.71. The number of carbonyl (C=O) groups excluding carboxylic acids is 1. The molecule has 0 saturated carbocycles. The van der Waals surface area contributed by atoms with Gasteiger partial charge in [-0.25, -0.2) is 17.5 Å². The molecule has 0 radical (unpaired) electrons. The van der Waals surface area contributed by atoms with E-state index in [4.69, 9.17) is 5.73 Å². The predicted octanol–water partition coefficient (Wildman–Crippen LogP) is 1.88. The highest BCUT2D eigenvalue weighted by molar-refractivity contribution is 7.89. The fourth-order valence-corrected chi connectivity index (χ4v) is 3.49. The fraction of sp³-hybridized carbons (Fsp3) is 0.278. The Morgan fingerprint density at radius 1 is 1.19 bits per heavy atom. The predicted molar refractivity (Wildman–Crippen MR) is 98.6 cm³/mol. The first-order chi connectivity index (χ1) is 12.3. The van der Waals surface area contributed by atoms with Gasteiger partial charge in [0, 0.05) is 24.7 Å². The summed E-state index contributed by atoms with van der Waals surface area (Å²) in [6.07, 6.45) is 0.375. The Hall–Kier alpha value is -2.29. The van der Waals surface area contributed by atoms with Crippen molar-refractivity contribution in [2.24, 2.45) is 11.7 Å². The Labute approximate surface area is 152 Å². The van der Waals surface area contributed by atoms with Crippen LogP contribution in [0.25, 0.3) is 0 Å². The van der Waals surface area contributed by atoms with E-state index >= 15 is 0 Å². The number of sulfonamides is 1. The van der Waals surface area contributed by atoms with Crippen LogP contribution >= 0.6 is 0 Å². The minimum absolute atomic E-state index is 0.0431. The normalized spacial score (nSPS) is 12.6. The average molecular weight is 379 g/mol. The molecule has 6 nitrogen and oxygen atoms in total. The van der Waals surface area contributed by atoms with E-state index in [9.17, 15) is 17.6 Å². The lowest BCUT2D eigenvalue weighted by Crippen LogP contribution is -2.29. The zero-order valence-electron chi connectivity index (χ0n) is 14.4. The second-order valence-electron chi connectivity index (χ2n) is 5.94. The Kier molecular flexibility index (Phi) is 6.84. The fourth-order valence-electron chi connectivity index (χ4n) is 2.39. The lowest BCUT2D eigenvalue weighted by Gasteiger charge is -2.13. The molecule has 0 spiro atoms. The molecule has 2 rings (SSSR count). The van der Waals surface area contributed by atoms with Crippen molar-refractivity contribution in [3.8, 4) is 0 Å². The van der Waals surface area contributed by atoms with Gasteiger partial charge < -0.3 is 11.1 Å². The molecule has 0 heterocycles. The minimum atomic E-state index is -3.68. The monoisotopic (exact) mass is 379 g/mol. The van der Waals surface area contributed by atoms with Crippen molar-refractivity contribution in [3.05, 3.63) is 59.9 Å². The van der Waals surface area contributed by atoms with Crippen LogP contribution in [0.3, 0.4) is 0 Å². The van der Waals surface area contributed by atoms with Crippen LogP contribution < -0.4 is 15.8 Å². The topological polar surface area (TPSA) is 101 Å². The summed E-state index contributed by atoms with van der Waals surface area (Å²) in [7, 11) is -3.68. The third kappa shape index (κ3) is 5.62. The number of halogens is 1. The molecule has 26 heavy (non-hydrogen) atoms. The largest absolute Gasteiger partial charge is 0.329 e. The number of anilines is 1. The molecule has 0 saturated heterocycles. The lowest BCUT2D eigenvalue weighted by atomic mass is 10.0. The first-order valence-electron chi connectivity index (χ1n) is 8.17. The van der Waals surface area contributed by atoms with Gasteiger partial charge in [-0.3, -0.25) is 4.79 Å². The molecule has 4 N–H and O–H groups in total. The van der Waals surface area contributed by atoms with E-state index in [1.54, 1.807) is 31.2 Å². The van der Waals surface area contributed by atoms with E-state index in [0.29, 0.717) is 12.1 Å². The van der Waals surface area contributed by atoms with E-state index in [1.165, 1.54) is 24.3 Å². The molecule has 0 aromatic heterocycles. The van der Waals surface area contributed by atoms with E-state index in [1.807, 2.05) is 0 Å². The number of carbonyl (C=O) groups is 1. The zero-order chi connectivity index (χ0) is 19.2. The second kappa shape index (κ2) is 8.88. The summed E-state index contributed by atoms with van der Waals surface area (Å²) in [5.74, 6) is -1.04. The van der Waals surface area contributed by atoms with Crippen LogP contribution in [-0.4, -0.2) is 27.4 Å². The van der Waals surface area contributed by atoms with E-state index in [-0.39, 0.29) is 29.7 Å². The van der Waals surface area contributed by atoms with Crippen LogP contribution in [0.15, 0.2) is 53.4 Å². The highest BCUT2D eigenvalue weighted by Crippen LogP contribution is 2.17. The number of benzene rings is 2. The van der Waals surface area contributed by atoms with Crippen molar-refractivity contribution >= 4 is 21.6 Å². The van der Waals surface area contributed by atoms with Gasteiger partial charge in [-0.1, -0.05) is 25.1 Å². The maximum Gasteiger partial charge on any atom is 0.240 e. The molecule has 1 atom stereocenters. The van der Waals surface area contributed by atoms with Gasteiger partial charge in [0.05, 0.1) is 4.90 Å². The molecule has 8 heteroatoms. The van der Waals surface area contributed by atoms with E-state index in [2.05, 4.69) is 10.0 Å². The highest BCUT2D eigenvalue weighted by atomic mass is 32.2. The summed E-state index contributed by atoms with van der Waals surface area (Å²) in [4.78, 5) is 12.4. The van der Waals surface area contributed by atoms with Crippen LogP contribution in [0.5, 0.6) is 0 Å². The standard InChI is InChI=1S/C18H22FN3O3S/c1-13(10-14-4-2-5-15(19)11-14)18(23)22-16-6-3-7-17(12-16)26(24,25)21-9-8-20/h2-7,11-13,21H,8-10,20H2,1H3,(H,22,23). The molecule has 0 aliphatic rings. The van der Waals surface area contributed by atoms with Crippen molar-refractivity contribution in [2.45, 2.75) is 18.2 Å². The SMILES string of the molecule is CC(Cc1cccc(F)c1)C(=O)Nc1cccc(S(=O)(=O)NCCN)c1. The van der Waals surface area contributed by atoms with Gasteiger partial charge in [-0.15, -0.1) is 0 Å². The summed E-state index contributed by atoms with van der Waals surface area (Å²) in [6, 6.07) is 12.1. The maximum atomic E-state index is 13.2. The van der Waals surface area contributed by atoms with Crippen molar-refractivity contribution in [2.75, 3.05) is 18.4 Å². The van der Waals surface area contributed by atoms with E-state index < -0.39 is 15.9 Å². The molecule has 0 aliphatic carbocycles. The van der Waals surface area contributed by atoms with Crippen molar-refractivity contribution in [1.82, 2.24) is 4.72 Å². The summed E-state index contributed by atoms with van der Waals surface area (Å²) in [5.41, 5.74) is 6.40. The Morgan fingerprint density at radius 3 is 2.62 bits per heavy atom. The molecule has 0 aliphatic heterocycles. The van der Waals surface area contributed by atoms with Crippen LogP contribution in [0.1, 0.15) is 12.5 Å². The number of hydrogen-bond acceptors (Lipinski definition) is 4. The highest BCUT2D eigenvalue weighted by Gasteiger charge is 2.17. The first kappa shape index (κ1) is 20.0. The zero-order valence-corrected chi connectivity index (χ0v) is 15.2. The minimum Gasteiger partial charge on any atom is -0.329 e. The molecular weight excluding hydrogens is 357 g/mol. The van der Waals surface area contributed by atoms with Crippen molar-refractivity contribution in [1.29, 1.82) is 0 Å². The van der Waals surface area contributed by atoms with Gasteiger partial charge in [0.2, 0.25) is 15.9 Å². The molecule has 0 fully saturated rings. The maximum absolute atomic E-state index is 13.2. The number of amides is 1. The van der Waals surface area contributed by atoms with Gasteiger partial charge >= 0.3 is 0 Å². The lowest BCUT2D eigenvalue weighted by molar-refractivity contribution is -0.119. The molecule has 1 amide bonds. The summed E-state index contributed by atoms with van der Waals surface area (Å²) in [6.45, 7) is 2.04. The van der Waals surface area contributed by atoms with Crippen molar-refractivity contribution < 1.29 is 17.6 Å². The third-order valence-corrected chi connectivity index (χ3v) is 5.19. The quantitative estimate of drug-likeness (QED) is 0.652. The summed E-state index contributed by atoms with van der Waals surface area (Å²) < 4.78 is 39.8. The molecule has 2 aromatic carbocycles. The van der Waals surface area contributed by atoms with Crippen LogP contribution in [0, 0.1) is 11.7 Å². The first-order valence-corrected chi connectivity index (χ1v) is 9.65. The van der Waals surface area contributed by atoms with Crippen LogP contribution in [0.2, 0.25) is 0 Å².